The number of rotatable bonds is 4. The molecule has 1 aliphatic rings. The Labute approximate surface area is 140 Å². The molecule has 0 saturated carbocycles. The van der Waals surface area contributed by atoms with Gasteiger partial charge in [0.15, 0.2) is 0 Å². The maximum absolute atomic E-state index is 12.1. The van der Waals surface area contributed by atoms with Crippen molar-refractivity contribution in [3.63, 3.8) is 0 Å². The first-order valence-electron chi connectivity index (χ1n) is 8.54. The number of hydrogen-bond donors (Lipinski definition) is 0. The Balaban J connectivity index is 1.73. The van der Waals surface area contributed by atoms with E-state index in [1.54, 1.807) is 0 Å². The lowest BCUT2D eigenvalue weighted by Crippen LogP contribution is -2.43. The van der Waals surface area contributed by atoms with Crippen molar-refractivity contribution in [3.8, 4) is 0 Å². The highest BCUT2D eigenvalue weighted by molar-refractivity contribution is 5.68. The van der Waals surface area contributed by atoms with Crippen LogP contribution in [0.3, 0.4) is 0 Å². The summed E-state index contributed by atoms with van der Waals surface area (Å²) in [5.41, 5.74) is 0.935. The fourth-order valence-corrected chi connectivity index (χ4v) is 3.03. The van der Waals surface area contributed by atoms with Crippen molar-refractivity contribution in [2.45, 2.75) is 45.8 Å². The highest BCUT2D eigenvalue weighted by atomic mass is 16.6. The second kappa shape index (κ2) is 7.82. The van der Waals surface area contributed by atoms with Crippen LogP contribution in [0.2, 0.25) is 0 Å². The topological polar surface area (TPSA) is 32.8 Å². The van der Waals surface area contributed by atoms with Gasteiger partial charge in [-0.15, -0.1) is 0 Å². The summed E-state index contributed by atoms with van der Waals surface area (Å²) in [5.74, 6) is 0.655. The number of likely N-dealkylation sites (tertiary alicyclic amines) is 1. The fraction of sp³-hybridized carbons (Fsp3) is 0.632. The highest BCUT2D eigenvalue weighted by Gasteiger charge is 2.27. The summed E-state index contributed by atoms with van der Waals surface area (Å²) in [6.07, 6.45) is 1.94. The van der Waals surface area contributed by atoms with E-state index in [1.807, 2.05) is 25.7 Å². The molecule has 1 heterocycles. The predicted molar refractivity (Wildman–Crippen MR) is 93.3 cm³/mol. The molecule has 4 heteroatoms. The third kappa shape index (κ3) is 6.22. The predicted octanol–water partition coefficient (Wildman–Crippen LogP) is 3.77. The Morgan fingerprint density at radius 3 is 2.39 bits per heavy atom. The molecule has 0 aromatic heterocycles. The van der Waals surface area contributed by atoms with Gasteiger partial charge in [-0.2, -0.15) is 0 Å². The number of amides is 1. The summed E-state index contributed by atoms with van der Waals surface area (Å²) < 4.78 is 5.45. The average molecular weight is 318 g/mol. The van der Waals surface area contributed by atoms with E-state index in [4.69, 9.17) is 4.74 Å². The first kappa shape index (κ1) is 17.8. The van der Waals surface area contributed by atoms with E-state index in [2.05, 4.69) is 42.3 Å². The molecule has 0 bridgehead atoms. The van der Waals surface area contributed by atoms with Gasteiger partial charge in [0.2, 0.25) is 0 Å². The lowest BCUT2D eigenvalue weighted by atomic mass is 9.96. The molecule has 0 spiro atoms. The molecule has 0 radical (unpaired) electrons. The van der Waals surface area contributed by atoms with Gasteiger partial charge < -0.3 is 14.5 Å². The van der Waals surface area contributed by atoms with E-state index < -0.39 is 5.60 Å². The number of benzene rings is 1. The van der Waals surface area contributed by atoms with Crippen molar-refractivity contribution in [2.75, 3.05) is 26.7 Å². The van der Waals surface area contributed by atoms with Gasteiger partial charge >= 0.3 is 6.09 Å². The summed E-state index contributed by atoms with van der Waals surface area (Å²) in [5, 5.41) is 0. The SMILES string of the molecule is CN(Cc1ccccc1)CC1CCN(C(=O)OC(C)(C)C)CC1. The molecule has 4 nitrogen and oxygen atoms in total. The number of hydrogen-bond acceptors (Lipinski definition) is 3. The minimum Gasteiger partial charge on any atom is -0.444 e. The van der Waals surface area contributed by atoms with E-state index in [-0.39, 0.29) is 6.09 Å². The lowest BCUT2D eigenvalue weighted by Gasteiger charge is -2.34. The summed E-state index contributed by atoms with van der Waals surface area (Å²) in [6.45, 7) is 9.41. The van der Waals surface area contributed by atoms with Crippen molar-refractivity contribution in [1.29, 1.82) is 0 Å². The molecule has 1 aromatic rings. The van der Waals surface area contributed by atoms with Crippen LogP contribution in [-0.2, 0) is 11.3 Å². The van der Waals surface area contributed by atoms with Crippen LogP contribution in [-0.4, -0.2) is 48.2 Å². The normalized spacial score (nSPS) is 16.7. The first-order valence-corrected chi connectivity index (χ1v) is 8.54. The molecule has 1 aliphatic heterocycles. The maximum atomic E-state index is 12.1. The lowest BCUT2D eigenvalue weighted by molar-refractivity contribution is 0.0172. The zero-order chi connectivity index (χ0) is 16.9. The van der Waals surface area contributed by atoms with Gasteiger partial charge in [-0.3, -0.25) is 0 Å². The molecule has 0 unspecified atom stereocenters. The molecule has 1 fully saturated rings. The Hall–Kier alpha value is -1.55. The number of ether oxygens (including phenoxy) is 1. The molecule has 128 valence electrons. The van der Waals surface area contributed by atoms with Crippen LogP contribution in [0.5, 0.6) is 0 Å². The Bertz CT molecular complexity index is 488. The molecular weight excluding hydrogens is 288 g/mol. The molecule has 1 amide bonds. The van der Waals surface area contributed by atoms with E-state index in [0.717, 1.165) is 39.0 Å². The van der Waals surface area contributed by atoms with Crippen molar-refractivity contribution < 1.29 is 9.53 Å². The van der Waals surface area contributed by atoms with Crippen LogP contribution in [0, 0.1) is 5.92 Å². The van der Waals surface area contributed by atoms with Crippen LogP contribution >= 0.6 is 0 Å². The summed E-state index contributed by atoms with van der Waals surface area (Å²) in [4.78, 5) is 16.3. The largest absolute Gasteiger partial charge is 0.444 e. The maximum Gasteiger partial charge on any atom is 0.410 e. The zero-order valence-electron chi connectivity index (χ0n) is 14.9. The highest BCUT2D eigenvalue weighted by Crippen LogP contribution is 2.21. The summed E-state index contributed by atoms with van der Waals surface area (Å²) >= 11 is 0. The van der Waals surface area contributed by atoms with Crippen LogP contribution in [0.4, 0.5) is 4.79 Å². The monoisotopic (exact) mass is 318 g/mol. The van der Waals surface area contributed by atoms with Gasteiger partial charge in [0.05, 0.1) is 0 Å². The molecule has 23 heavy (non-hydrogen) atoms. The fourth-order valence-electron chi connectivity index (χ4n) is 3.03. The third-order valence-electron chi connectivity index (χ3n) is 4.13. The summed E-state index contributed by atoms with van der Waals surface area (Å²) in [6, 6.07) is 10.6. The van der Waals surface area contributed by atoms with Crippen LogP contribution in [0.1, 0.15) is 39.2 Å². The second-order valence-electron chi connectivity index (χ2n) is 7.59. The second-order valence-corrected chi connectivity index (χ2v) is 7.59. The molecule has 0 aliphatic carbocycles. The number of carbonyl (C=O) groups is 1. The minimum absolute atomic E-state index is 0.173. The Morgan fingerprint density at radius 1 is 1.22 bits per heavy atom. The molecular formula is C19H30N2O2. The van der Waals surface area contributed by atoms with Gasteiger partial charge in [-0.25, -0.2) is 4.79 Å². The Morgan fingerprint density at radius 2 is 1.83 bits per heavy atom. The van der Waals surface area contributed by atoms with Gasteiger partial charge in [0, 0.05) is 26.2 Å². The van der Waals surface area contributed by atoms with E-state index >= 15 is 0 Å². The van der Waals surface area contributed by atoms with Crippen molar-refractivity contribution in [1.82, 2.24) is 9.80 Å². The quantitative estimate of drug-likeness (QED) is 0.847. The Kier molecular flexibility index (Phi) is 6.05. The van der Waals surface area contributed by atoms with Gasteiger partial charge in [0.25, 0.3) is 0 Å². The van der Waals surface area contributed by atoms with E-state index in [9.17, 15) is 4.79 Å². The van der Waals surface area contributed by atoms with Crippen molar-refractivity contribution >= 4 is 6.09 Å². The minimum atomic E-state index is -0.413. The van der Waals surface area contributed by atoms with Gasteiger partial charge in [0.1, 0.15) is 5.60 Å². The molecule has 1 saturated heterocycles. The van der Waals surface area contributed by atoms with E-state index in [0.29, 0.717) is 5.92 Å². The van der Waals surface area contributed by atoms with Crippen molar-refractivity contribution in [2.24, 2.45) is 5.92 Å². The first-order chi connectivity index (χ1) is 10.8. The molecule has 0 atom stereocenters. The standard InChI is InChI=1S/C19H30N2O2/c1-19(2,3)23-18(22)21-12-10-17(11-13-21)15-20(4)14-16-8-6-5-7-9-16/h5-9,17H,10-15H2,1-4H3. The zero-order valence-corrected chi connectivity index (χ0v) is 14.9. The average Bonchev–Trinajstić information content (AvgIpc) is 2.47. The van der Waals surface area contributed by atoms with Crippen LogP contribution < -0.4 is 0 Å². The third-order valence-corrected chi connectivity index (χ3v) is 4.13. The smallest absolute Gasteiger partial charge is 0.410 e. The van der Waals surface area contributed by atoms with Gasteiger partial charge in [-0.05, 0) is 52.1 Å². The molecule has 1 aromatic carbocycles. The van der Waals surface area contributed by atoms with Gasteiger partial charge in [-0.1, -0.05) is 30.3 Å². The van der Waals surface area contributed by atoms with E-state index in [1.165, 1.54) is 5.56 Å². The number of nitrogens with zero attached hydrogens (tertiary/aromatic N) is 2. The van der Waals surface area contributed by atoms with Crippen LogP contribution in [0.15, 0.2) is 30.3 Å². The van der Waals surface area contributed by atoms with Crippen molar-refractivity contribution in [3.05, 3.63) is 35.9 Å². The molecule has 2 rings (SSSR count). The van der Waals surface area contributed by atoms with Crippen LogP contribution in [0.25, 0.3) is 0 Å². The molecule has 0 N–H and O–H groups in total. The number of carbonyl (C=O) groups excluding carboxylic acids is 1. The number of piperidine rings is 1. The summed E-state index contributed by atoms with van der Waals surface area (Å²) in [7, 11) is 2.17.